The molecular formula is C24H25N3O6. The number of carbonyl (C=O) groups excluding carboxylic acids is 2. The Hall–Kier alpha value is -4.27. The van der Waals surface area contributed by atoms with Crippen LogP contribution in [-0.4, -0.2) is 44.7 Å². The second-order valence-electron chi connectivity index (χ2n) is 6.78. The fraction of sp³-hybridized carbons (Fsp3) is 0.208. The maximum Gasteiger partial charge on any atom is 0.251 e. The van der Waals surface area contributed by atoms with Gasteiger partial charge in [-0.05, 0) is 36.4 Å². The van der Waals surface area contributed by atoms with E-state index >= 15 is 0 Å². The molecule has 2 N–H and O–H groups in total. The van der Waals surface area contributed by atoms with E-state index in [1.807, 2.05) is 18.2 Å². The van der Waals surface area contributed by atoms with Crippen LogP contribution in [0.1, 0.15) is 16.1 Å². The van der Waals surface area contributed by atoms with E-state index in [-0.39, 0.29) is 12.1 Å². The zero-order valence-electron chi connectivity index (χ0n) is 18.6. The topological polar surface area (TPSA) is 108 Å². The summed E-state index contributed by atoms with van der Waals surface area (Å²) in [6, 6.07) is 15.6. The summed E-state index contributed by atoms with van der Waals surface area (Å²) in [5.41, 5.74) is 1.60. The third-order valence-electron chi connectivity index (χ3n) is 4.57. The van der Waals surface area contributed by atoms with Gasteiger partial charge in [-0.2, -0.15) is 0 Å². The monoisotopic (exact) mass is 451 g/mol. The van der Waals surface area contributed by atoms with Crippen LogP contribution in [0.25, 0.3) is 0 Å². The molecule has 0 saturated carbocycles. The van der Waals surface area contributed by atoms with Gasteiger partial charge in [0.05, 0.1) is 33.6 Å². The third-order valence-corrected chi connectivity index (χ3v) is 4.57. The van der Waals surface area contributed by atoms with Crippen molar-refractivity contribution < 1.29 is 28.5 Å². The molecule has 1 aromatic heterocycles. The van der Waals surface area contributed by atoms with Gasteiger partial charge < -0.3 is 29.6 Å². The number of methoxy groups -OCH3 is 3. The first-order valence-electron chi connectivity index (χ1n) is 10.0. The standard InChI is InChI=1S/C24H25N3O6/c1-30-20-11-16(12-21(31-2)23(20)32-3)24(29)26-14-22(28)27-17-8-6-9-19(13-17)33-15-18-7-4-5-10-25-18/h4-13H,14-15H2,1-3H3,(H,26,29)(H,27,28). The van der Waals surface area contributed by atoms with Gasteiger partial charge >= 0.3 is 0 Å². The summed E-state index contributed by atoms with van der Waals surface area (Å²) in [6.45, 7) is 0.0809. The minimum Gasteiger partial charge on any atom is -0.493 e. The van der Waals surface area contributed by atoms with Gasteiger partial charge in [0.1, 0.15) is 12.4 Å². The Kier molecular flexibility index (Phi) is 8.07. The van der Waals surface area contributed by atoms with Crippen molar-refractivity contribution in [2.75, 3.05) is 33.2 Å². The second kappa shape index (κ2) is 11.4. The number of ether oxygens (including phenoxy) is 4. The number of aromatic nitrogens is 1. The highest BCUT2D eigenvalue weighted by atomic mass is 16.5. The average Bonchev–Trinajstić information content (AvgIpc) is 2.85. The highest BCUT2D eigenvalue weighted by Crippen LogP contribution is 2.38. The van der Waals surface area contributed by atoms with Gasteiger partial charge in [0.25, 0.3) is 5.91 Å². The van der Waals surface area contributed by atoms with Gasteiger partial charge in [0.15, 0.2) is 11.5 Å². The Balaban J connectivity index is 1.56. The van der Waals surface area contributed by atoms with Crippen LogP contribution < -0.4 is 29.6 Å². The third kappa shape index (κ3) is 6.36. The molecule has 9 heteroatoms. The van der Waals surface area contributed by atoms with E-state index in [2.05, 4.69) is 15.6 Å². The first-order chi connectivity index (χ1) is 16.0. The molecule has 0 aliphatic rings. The fourth-order valence-electron chi connectivity index (χ4n) is 2.98. The lowest BCUT2D eigenvalue weighted by atomic mass is 10.1. The van der Waals surface area contributed by atoms with Crippen molar-refractivity contribution in [3.05, 3.63) is 72.1 Å². The first kappa shape index (κ1) is 23.4. The Morgan fingerprint density at radius 3 is 2.30 bits per heavy atom. The molecule has 0 aliphatic carbocycles. The molecule has 0 bridgehead atoms. The Morgan fingerprint density at radius 2 is 1.67 bits per heavy atom. The number of amides is 2. The Morgan fingerprint density at radius 1 is 0.909 bits per heavy atom. The number of carbonyl (C=O) groups is 2. The molecule has 0 fully saturated rings. The maximum atomic E-state index is 12.5. The van der Waals surface area contributed by atoms with Crippen molar-refractivity contribution in [2.24, 2.45) is 0 Å². The summed E-state index contributed by atoms with van der Waals surface area (Å²) < 4.78 is 21.5. The number of nitrogens with zero attached hydrogens (tertiary/aromatic N) is 1. The molecule has 0 saturated heterocycles. The van der Waals surface area contributed by atoms with E-state index in [1.54, 1.807) is 30.5 Å². The molecule has 0 aliphatic heterocycles. The first-order valence-corrected chi connectivity index (χ1v) is 10.0. The molecule has 2 aromatic carbocycles. The number of rotatable bonds is 10. The second-order valence-corrected chi connectivity index (χ2v) is 6.78. The molecule has 0 radical (unpaired) electrons. The number of hydrogen-bond acceptors (Lipinski definition) is 7. The molecule has 0 unspecified atom stereocenters. The van der Waals surface area contributed by atoms with E-state index < -0.39 is 11.8 Å². The lowest BCUT2D eigenvalue weighted by Crippen LogP contribution is -2.32. The normalized spacial score (nSPS) is 10.2. The molecule has 172 valence electrons. The summed E-state index contributed by atoms with van der Waals surface area (Å²) in [7, 11) is 4.39. The van der Waals surface area contributed by atoms with Crippen molar-refractivity contribution in [1.29, 1.82) is 0 Å². The summed E-state index contributed by atoms with van der Waals surface area (Å²) in [6.07, 6.45) is 1.70. The Bertz CT molecular complexity index is 1080. The van der Waals surface area contributed by atoms with E-state index in [9.17, 15) is 9.59 Å². The van der Waals surface area contributed by atoms with Crippen LogP contribution in [-0.2, 0) is 11.4 Å². The van der Waals surface area contributed by atoms with Gasteiger partial charge in [-0.15, -0.1) is 0 Å². The summed E-state index contributed by atoms with van der Waals surface area (Å²) in [4.78, 5) is 29.1. The lowest BCUT2D eigenvalue weighted by molar-refractivity contribution is -0.115. The number of pyridine rings is 1. The van der Waals surface area contributed by atoms with Crippen LogP contribution >= 0.6 is 0 Å². The van der Waals surface area contributed by atoms with E-state index in [4.69, 9.17) is 18.9 Å². The molecule has 9 nitrogen and oxygen atoms in total. The minimum atomic E-state index is -0.461. The van der Waals surface area contributed by atoms with Crippen LogP contribution in [0.5, 0.6) is 23.0 Å². The van der Waals surface area contributed by atoms with Crippen molar-refractivity contribution in [2.45, 2.75) is 6.61 Å². The molecule has 2 amide bonds. The minimum absolute atomic E-state index is 0.228. The largest absolute Gasteiger partial charge is 0.493 e. The quantitative estimate of drug-likeness (QED) is 0.488. The van der Waals surface area contributed by atoms with Gasteiger partial charge in [0.2, 0.25) is 11.7 Å². The predicted octanol–water partition coefficient (Wildman–Crippen LogP) is 3.05. The van der Waals surface area contributed by atoms with Gasteiger partial charge in [-0.3, -0.25) is 14.6 Å². The zero-order valence-corrected chi connectivity index (χ0v) is 18.6. The smallest absolute Gasteiger partial charge is 0.251 e. The average molecular weight is 451 g/mol. The zero-order chi connectivity index (χ0) is 23.6. The lowest BCUT2D eigenvalue weighted by Gasteiger charge is -2.14. The number of nitrogens with one attached hydrogen (secondary N) is 2. The van der Waals surface area contributed by atoms with Crippen LogP contribution in [0.3, 0.4) is 0 Å². The Labute approximate surface area is 191 Å². The van der Waals surface area contributed by atoms with Gasteiger partial charge in [0, 0.05) is 23.5 Å². The van der Waals surface area contributed by atoms with Crippen LogP contribution in [0.4, 0.5) is 5.69 Å². The van der Waals surface area contributed by atoms with E-state index in [1.165, 1.54) is 33.5 Å². The van der Waals surface area contributed by atoms with Gasteiger partial charge in [-0.25, -0.2) is 0 Å². The molecule has 33 heavy (non-hydrogen) atoms. The van der Waals surface area contributed by atoms with Crippen LogP contribution in [0, 0.1) is 0 Å². The SMILES string of the molecule is COc1cc(C(=O)NCC(=O)Nc2cccc(OCc3ccccn3)c2)cc(OC)c1OC. The van der Waals surface area contributed by atoms with Crippen molar-refractivity contribution in [3.63, 3.8) is 0 Å². The van der Waals surface area contributed by atoms with E-state index in [0.29, 0.717) is 35.3 Å². The summed E-state index contributed by atoms with van der Waals surface area (Å²) in [5, 5.41) is 5.31. The summed E-state index contributed by atoms with van der Waals surface area (Å²) in [5.74, 6) is 0.789. The number of anilines is 1. The van der Waals surface area contributed by atoms with E-state index in [0.717, 1.165) is 5.69 Å². The predicted molar refractivity (Wildman–Crippen MR) is 122 cm³/mol. The van der Waals surface area contributed by atoms with Crippen LogP contribution in [0.2, 0.25) is 0 Å². The van der Waals surface area contributed by atoms with Crippen LogP contribution in [0.15, 0.2) is 60.8 Å². The number of hydrogen-bond donors (Lipinski definition) is 2. The van der Waals surface area contributed by atoms with Gasteiger partial charge in [-0.1, -0.05) is 12.1 Å². The maximum absolute atomic E-state index is 12.5. The fourth-order valence-corrected chi connectivity index (χ4v) is 2.98. The molecule has 3 rings (SSSR count). The highest BCUT2D eigenvalue weighted by Gasteiger charge is 2.17. The molecule has 0 atom stereocenters. The molecular weight excluding hydrogens is 426 g/mol. The van der Waals surface area contributed by atoms with Crippen molar-refractivity contribution in [1.82, 2.24) is 10.3 Å². The molecule has 0 spiro atoms. The molecule has 3 aromatic rings. The number of benzene rings is 2. The van der Waals surface area contributed by atoms with Crippen molar-refractivity contribution >= 4 is 17.5 Å². The molecule has 1 heterocycles. The summed E-state index contributed by atoms with van der Waals surface area (Å²) >= 11 is 0. The highest BCUT2D eigenvalue weighted by molar-refractivity contribution is 6.00. The van der Waals surface area contributed by atoms with Crippen molar-refractivity contribution in [3.8, 4) is 23.0 Å².